The largest absolute Gasteiger partial charge is 0.287 e. The van der Waals surface area contributed by atoms with Crippen molar-refractivity contribution in [1.82, 2.24) is 19.6 Å². The minimum Gasteiger partial charge on any atom is -0.266 e. The number of aryl methyl sites for hydroxylation is 1. The molecule has 0 aliphatic heterocycles. The third kappa shape index (κ3) is 1.51. The average Bonchev–Trinajstić information content (AvgIpc) is 3.03. The smallest absolute Gasteiger partial charge is 0.266 e. The van der Waals surface area contributed by atoms with Crippen molar-refractivity contribution >= 4 is 28.1 Å². The maximum atomic E-state index is 12.7. The zero-order valence-corrected chi connectivity index (χ0v) is 11.4. The SMILES string of the molecule is Cc1ccc(-c2n[nH]c3nc4ccccc4n3c2=O)s1. The number of para-hydroxylation sites is 2. The van der Waals surface area contributed by atoms with Crippen LogP contribution in [0.1, 0.15) is 4.88 Å². The van der Waals surface area contributed by atoms with Crippen molar-refractivity contribution < 1.29 is 0 Å². The maximum absolute atomic E-state index is 12.7. The molecule has 4 aromatic rings. The van der Waals surface area contributed by atoms with Crippen molar-refractivity contribution in [3.63, 3.8) is 0 Å². The van der Waals surface area contributed by atoms with E-state index in [9.17, 15) is 4.79 Å². The predicted molar refractivity (Wildman–Crippen MR) is 79.2 cm³/mol. The molecular formula is C14H10N4OS. The minimum absolute atomic E-state index is 0.144. The van der Waals surface area contributed by atoms with Gasteiger partial charge in [-0.15, -0.1) is 11.3 Å². The Balaban J connectivity index is 2.13. The molecule has 3 heterocycles. The van der Waals surface area contributed by atoms with Crippen molar-refractivity contribution in [2.75, 3.05) is 0 Å². The summed E-state index contributed by atoms with van der Waals surface area (Å²) >= 11 is 1.56. The Kier molecular flexibility index (Phi) is 2.28. The molecule has 0 unspecified atom stereocenters. The van der Waals surface area contributed by atoms with E-state index in [1.165, 1.54) is 0 Å². The van der Waals surface area contributed by atoms with E-state index in [0.717, 1.165) is 20.8 Å². The van der Waals surface area contributed by atoms with Crippen molar-refractivity contribution in [2.24, 2.45) is 0 Å². The molecule has 0 aliphatic rings. The van der Waals surface area contributed by atoms with Crippen LogP contribution in [0.5, 0.6) is 0 Å². The molecule has 0 saturated carbocycles. The van der Waals surface area contributed by atoms with Gasteiger partial charge in [0.05, 0.1) is 15.9 Å². The number of hydrogen-bond acceptors (Lipinski definition) is 4. The van der Waals surface area contributed by atoms with E-state index >= 15 is 0 Å². The average molecular weight is 282 g/mol. The number of benzene rings is 1. The van der Waals surface area contributed by atoms with Crippen molar-refractivity contribution in [2.45, 2.75) is 6.92 Å². The van der Waals surface area contributed by atoms with Gasteiger partial charge in [0.25, 0.3) is 5.56 Å². The molecule has 0 fully saturated rings. The molecule has 98 valence electrons. The van der Waals surface area contributed by atoms with Gasteiger partial charge in [-0.1, -0.05) is 12.1 Å². The first kappa shape index (κ1) is 11.4. The maximum Gasteiger partial charge on any atom is 0.287 e. The fraction of sp³-hybridized carbons (Fsp3) is 0.0714. The molecule has 5 nitrogen and oxygen atoms in total. The third-order valence-corrected chi connectivity index (χ3v) is 4.22. The number of imidazole rings is 1. The number of nitrogens with one attached hydrogen (secondary N) is 1. The lowest BCUT2D eigenvalue weighted by molar-refractivity contribution is 0.956. The molecule has 0 aliphatic carbocycles. The van der Waals surface area contributed by atoms with E-state index in [2.05, 4.69) is 15.2 Å². The highest BCUT2D eigenvalue weighted by atomic mass is 32.1. The highest BCUT2D eigenvalue weighted by Crippen LogP contribution is 2.23. The van der Waals surface area contributed by atoms with Crippen LogP contribution in [0.4, 0.5) is 0 Å². The van der Waals surface area contributed by atoms with Crippen LogP contribution in [-0.4, -0.2) is 19.6 Å². The number of thiophene rings is 1. The Hall–Kier alpha value is -2.47. The Morgan fingerprint density at radius 2 is 2.05 bits per heavy atom. The third-order valence-electron chi connectivity index (χ3n) is 3.21. The summed E-state index contributed by atoms with van der Waals surface area (Å²) in [5, 5.41) is 7.04. The Morgan fingerprint density at radius 1 is 1.20 bits per heavy atom. The van der Waals surface area contributed by atoms with Gasteiger partial charge >= 0.3 is 0 Å². The monoisotopic (exact) mass is 282 g/mol. The van der Waals surface area contributed by atoms with Gasteiger partial charge in [0.15, 0.2) is 5.69 Å². The van der Waals surface area contributed by atoms with Crippen molar-refractivity contribution in [1.29, 1.82) is 0 Å². The first-order valence-electron chi connectivity index (χ1n) is 6.17. The molecule has 20 heavy (non-hydrogen) atoms. The standard InChI is InChI=1S/C14H10N4OS/c1-8-6-7-11(20-8)12-13(19)18-10-5-3-2-4-9(10)15-14(18)17-16-12/h2-7H,1H3,(H,15,17). The summed E-state index contributed by atoms with van der Waals surface area (Å²) in [6.07, 6.45) is 0. The number of aromatic amines is 1. The van der Waals surface area contributed by atoms with Gasteiger partial charge in [0, 0.05) is 4.88 Å². The normalized spacial score (nSPS) is 11.4. The van der Waals surface area contributed by atoms with Crippen LogP contribution in [0.15, 0.2) is 41.2 Å². The van der Waals surface area contributed by atoms with Crippen molar-refractivity contribution in [3.8, 4) is 10.6 Å². The Morgan fingerprint density at radius 3 is 2.85 bits per heavy atom. The fourth-order valence-electron chi connectivity index (χ4n) is 2.29. The molecule has 0 amide bonds. The number of fused-ring (bicyclic) bond motifs is 3. The summed E-state index contributed by atoms with van der Waals surface area (Å²) in [4.78, 5) is 19.0. The summed E-state index contributed by atoms with van der Waals surface area (Å²) in [7, 11) is 0. The molecule has 0 bridgehead atoms. The van der Waals surface area contributed by atoms with Crippen molar-refractivity contribution in [3.05, 3.63) is 51.6 Å². The van der Waals surface area contributed by atoms with Crippen LogP contribution >= 0.6 is 11.3 Å². The van der Waals surface area contributed by atoms with Gasteiger partial charge in [-0.2, -0.15) is 5.10 Å². The highest BCUT2D eigenvalue weighted by molar-refractivity contribution is 7.15. The van der Waals surface area contributed by atoms with E-state index in [1.54, 1.807) is 15.7 Å². The number of hydrogen-bond donors (Lipinski definition) is 1. The van der Waals surface area contributed by atoms with Gasteiger partial charge in [-0.25, -0.2) is 14.5 Å². The quantitative estimate of drug-likeness (QED) is 0.583. The Bertz CT molecular complexity index is 995. The van der Waals surface area contributed by atoms with Gasteiger partial charge in [-0.3, -0.25) is 4.79 Å². The number of nitrogens with zero attached hydrogens (tertiary/aromatic N) is 3. The molecular weight excluding hydrogens is 272 g/mol. The van der Waals surface area contributed by atoms with Crippen LogP contribution in [0, 0.1) is 6.92 Å². The van der Waals surface area contributed by atoms with Gasteiger partial charge in [-0.05, 0) is 31.2 Å². The predicted octanol–water partition coefficient (Wildman–Crippen LogP) is 2.61. The highest BCUT2D eigenvalue weighted by Gasteiger charge is 2.14. The lowest BCUT2D eigenvalue weighted by Crippen LogP contribution is -2.17. The molecule has 0 saturated heterocycles. The van der Waals surface area contributed by atoms with Crippen LogP contribution in [0.2, 0.25) is 0 Å². The number of H-pyrrole nitrogens is 1. The second-order valence-corrected chi connectivity index (χ2v) is 5.84. The molecule has 1 N–H and O–H groups in total. The van der Waals surface area contributed by atoms with Gasteiger partial charge in [0.1, 0.15) is 0 Å². The number of rotatable bonds is 1. The summed E-state index contributed by atoms with van der Waals surface area (Å²) in [6, 6.07) is 11.5. The summed E-state index contributed by atoms with van der Waals surface area (Å²) in [5.74, 6) is 0.466. The summed E-state index contributed by atoms with van der Waals surface area (Å²) in [6.45, 7) is 2.01. The van der Waals surface area contributed by atoms with Crippen LogP contribution < -0.4 is 5.56 Å². The molecule has 3 aromatic heterocycles. The Labute approximate surface area is 117 Å². The van der Waals surface area contributed by atoms with E-state index in [4.69, 9.17) is 0 Å². The first-order valence-corrected chi connectivity index (χ1v) is 6.98. The zero-order valence-electron chi connectivity index (χ0n) is 10.6. The van der Waals surface area contributed by atoms with E-state index < -0.39 is 0 Å². The molecule has 0 radical (unpaired) electrons. The number of aromatic nitrogens is 4. The first-order chi connectivity index (χ1) is 9.74. The van der Waals surface area contributed by atoms with Crippen LogP contribution in [0.25, 0.3) is 27.4 Å². The lowest BCUT2D eigenvalue weighted by Gasteiger charge is -1.98. The summed E-state index contributed by atoms with van der Waals surface area (Å²) in [5.41, 5.74) is 1.86. The molecule has 0 atom stereocenters. The van der Waals surface area contributed by atoms with Crippen LogP contribution in [0.3, 0.4) is 0 Å². The second-order valence-electron chi connectivity index (χ2n) is 4.55. The lowest BCUT2D eigenvalue weighted by atomic mass is 10.3. The van der Waals surface area contributed by atoms with Gasteiger partial charge in [0.2, 0.25) is 5.78 Å². The van der Waals surface area contributed by atoms with E-state index in [-0.39, 0.29) is 5.56 Å². The molecule has 1 aromatic carbocycles. The van der Waals surface area contributed by atoms with E-state index in [0.29, 0.717) is 11.5 Å². The summed E-state index contributed by atoms with van der Waals surface area (Å²) < 4.78 is 1.58. The second kappa shape index (κ2) is 4.01. The zero-order chi connectivity index (χ0) is 13.7. The molecule has 0 spiro atoms. The minimum atomic E-state index is -0.144. The topological polar surface area (TPSA) is 63.1 Å². The van der Waals surface area contributed by atoms with Gasteiger partial charge < -0.3 is 0 Å². The molecule has 4 rings (SSSR count). The molecule has 6 heteroatoms. The van der Waals surface area contributed by atoms with Crippen LogP contribution in [-0.2, 0) is 0 Å². The van der Waals surface area contributed by atoms with E-state index in [1.807, 2.05) is 43.3 Å². The fourth-order valence-corrected chi connectivity index (χ4v) is 3.14.